The molecule has 0 fully saturated rings. The Hall–Kier alpha value is -2.88. The quantitative estimate of drug-likeness (QED) is 0.861. The maximum absolute atomic E-state index is 12.7. The molecule has 0 radical (unpaired) electrons. The molecule has 3 rings (SSSR count). The Morgan fingerprint density at radius 2 is 1.83 bits per heavy atom. The lowest BCUT2D eigenvalue weighted by Crippen LogP contribution is -2.33. The monoisotopic (exact) mass is 306 g/mol. The van der Waals surface area contributed by atoms with E-state index in [1.807, 2.05) is 54.6 Å². The molecule has 23 heavy (non-hydrogen) atoms. The molecule has 0 aromatic heterocycles. The molecule has 1 aliphatic heterocycles. The van der Waals surface area contributed by atoms with Crippen molar-refractivity contribution in [3.05, 3.63) is 72.8 Å². The normalized spacial score (nSPS) is 15.7. The van der Waals surface area contributed by atoms with E-state index in [0.717, 1.165) is 16.9 Å². The highest BCUT2D eigenvalue weighted by Gasteiger charge is 2.33. The molecule has 0 saturated heterocycles. The first-order chi connectivity index (χ1) is 11.2. The summed E-state index contributed by atoms with van der Waals surface area (Å²) in [4.78, 5) is 26.6. The Morgan fingerprint density at radius 1 is 1.13 bits per heavy atom. The molecule has 2 aromatic carbocycles. The summed E-state index contributed by atoms with van der Waals surface area (Å²) >= 11 is 0. The van der Waals surface area contributed by atoms with Crippen molar-refractivity contribution in [2.45, 2.75) is 12.3 Å². The third kappa shape index (κ3) is 3.01. The third-order valence-electron chi connectivity index (χ3n) is 3.97. The number of para-hydroxylation sites is 2. The van der Waals surface area contributed by atoms with Gasteiger partial charge in [-0.05, 0) is 23.8 Å². The van der Waals surface area contributed by atoms with E-state index >= 15 is 0 Å². The minimum absolute atomic E-state index is 0.0899. The molecule has 1 aliphatic rings. The standard InChI is InChI=1S/C19H18N2O2/c1-2-12-21(14-8-4-3-5-9-14)18(22)13-16-15-10-6-7-11-17(15)20-19(16)23/h2-11,16H,1,12-13H2,(H,20,23)/t16-/m0/s1. The lowest BCUT2D eigenvalue weighted by Gasteiger charge is -2.22. The number of hydrogen-bond acceptors (Lipinski definition) is 2. The van der Waals surface area contributed by atoms with Gasteiger partial charge in [0.05, 0.1) is 5.92 Å². The van der Waals surface area contributed by atoms with Crippen molar-refractivity contribution in [2.75, 3.05) is 16.8 Å². The largest absolute Gasteiger partial charge is 0.325 e. The summed E-state index contributed by atoms with van der Waals surface area (Å²) in [5, 5.41) is 2.83. The number of rotatable bonds is 5. The van der Waals surface area contributed by atoms with Gasteiger partial charge >= 0.3 is 0 Å². The second-order valence-electron chi connectivity index (χ2n) is 5.46. The minimum atomic E-state index is -0.435. The van der Waals surface area contributed by atoms with Gasteiger partial charge in [0.1, 0.15) is 0 Å². The molecule has 2 aromatic rings. The van der Waals surface area contributed by atoms with Crippen molar-refractivity contribution in [2.24, 2.45) is 0 Å². The van der Waals surface area contributed by atoms with Crippen LogP contribution in [0.3, 0.4) is 0 Å². The average Bonchev–Trinajstić information content (AvgIpc) is 2.89. The van der Waals surface area contributed by atoms with Crippen molar-refractivity contribution in [1.82, 2.24) is 0 Å². The number of nitrogens with zero attached hydrogens (tertiary/aromatic N) is 1. The molecule has 4 heteroatoms. The summed E-state index contributed by atoms with van der Waals surface area (Å²) in [6.07, 6.45) is 1.83. The van der Waals surface area contributed by atoms with Gasteiger partial charge in [-0.1, -0.05) is 42.5 Å². The summed E-state index contributed by atoms with van der Waals surface area (Å²) in [6.45, 7) is 4.13. The van der Waals surface area contributed by atoms with Gasteiger partial charge in [-0.15, -0.1) is 6.58 Å². The highest BCUT2D eigenvalue weighted by molar-refractivity contribution is 6.06. The highest BCUT2D eigenvalue weighted by atomic mass is 16.2. The van der Waals surface area contributed by atoms with E-state index in [0.29, 0.717) is 6.54 Å². The van der Waals surface area contributed by atoms with Crippen LogP contribution in [0, 0.1) is 0 Å². The first-order valence-electron chi connectivity index (χ1n) is 7.57. The van der Waals surface area contributed by atoms with E-state index in [1.165, 1.54) is 0 Å². The lowest BCUT2D eigenvalue weighted by molar-refractivity contribution is -0.123. The first-order valence-corrected chi connectivity index (χ1v) is 7.57. The smallest absolute Gasteiger partial charge is 0.232 e. The van der Waals surface area contributed by atoms with E-state index < -0.39 is 5.92 Å². The number of benzene rings is 2. The fourth-order valence-corrected chi connectivity index (χ4v) is 2.85. The Bertz CT molecular complexity index is 740. The zero-order valence-corrected chi connectivity index (χ0v) is 12.7. The molecule has 116 valence electrons. The van der Waals surface area contributed by atoms with Gasteiger partial charge in [0.15, 0.2) is 0 Å². The summed E-state index contributed by atoms with van der Waals surface area (Å²) in [5.41, 5.74) is 2.49. The molecule has 0 unspecified atom stereocenters. The number of anilines is 2. The van der Waals surface area contributed by atoms with Gasteiger partial charge in [-0.25, -0.2) is 0 Å². The molecule has 0 spiro atoms. The molecular formula is C19H18N2O2. The van der Waals surface area contributed by atoms with Crippen LogP contribution < -0.4 is 10.2 Å². The number of amides is 2. The van der Waals surface area contributed by atoms with Gasteiger partial charge in [0.2, 0.25) is 11.8 Å². The minimum Gasteiger partial charge on any atom is -0.325 e. The van der Waals surface area contributed by atoms with E-state index in [-0.39, 0.29) is 18.2 Å². The van der Waals surface area contributed by atoms with E-state index in [2.05, 4.69) is 11.9 Å². The molecule has 0 bridgehead atoms. The number of fused-ring (bicyclic) bond motifs is 1. The summed E-state index contributed by atoms with van der Waals surface area (Å²) in [7, 11) is 0. The molecule has 2 amide bonds. The highest BCUT2D eigenvalue weighted by Crippen LogP contribution is 2.35. The Labute approximate surface area is 135 Å². The fraction of sp³-hybridized carbons (Fsp3) is 0.158. The first kappa shape index (κ1) is 15.0. The van der Waals surface area contributed by atoms with Crippen LogP contribution in [0.2, 0.25) is 0 Å². The van der Waals surface area contributed by atoms with Crippen molar-refractivity contribution in [3.8, 4) is 0 Å². The predicted octanol–water partition coefficient (Wildman–Crippen LogP) is 3.33. The van der Waals surface area contributed by atoms with Crippen LogP contribution in [0.15, 0.2) is 67.3 Å². The van der Waals surface area contributed by atoms with Gasteiger partial charge in [-0.3, -0.25) is 9.59 Å². The summed E-state index contributed by atoms with van der Waals surface area (Å²) < 4.78 is 0. The maximum Gasteiger partial charge on any atom is 0.232 e. The van der Waals surface area contributed by atoms with Crippen LogP contribution in [0.1, 0.15) is 17.9 Å². The van der Waals surface area contributed by atoms with Crippen LogP contribution in [0.4, 0.5) is 11.4 Å². The second kappa shape index (κ2) is 6.48. The second-order valence-corrected chi connectivity index (χ2v) is 5.46. The maximum atomic E-state index is 12.7. The van der Waals surface area contributed by atoms with Crippen molar-refractivity contribution >= 4 is 23.2 Å². The van der Waals surface area contributed by atoms with Gasteiger partial charge in [-0.2, -0.15) is 0 Å². The number of carbonyl (C=O) groups excluding carboxylic acids is 2. The van der Waals surface area contributed by atoms with E-state index in [1.54, 1.807) is 11.0 Å². The third-order valence-corrected chi connectivity index (χ3v) is 3.97. The molecule has 1 atom stereocenters. The average molecular weight is 306 g/mol. The Morgan fingerprint density at radius 3 is 2.57 bits per heavy atom. The van der Waals surface area contributed by atoms with Gasteiger partial charge in [0, 0.05) is 24.3 Å². The molecule has 0 aliphatic carbocycles. The lowest BCUT2D eigenvalue weighted by atomic mass is 9.96. The molecule has 4 nitrogen and oxygen atoms in total. The van der Waals surface area contributed by atoms with Gasteiger partial charge in [0.25, 0.3) is 0 Å². The Balaban J connectivity index is 1.82. The molecule has 1 N–H and O–H groups in total. The van der Waals surface area contributed by atoms with E-state index in [9.17, 15) is 9.59 Å². The van der Waals surface area contributed by atoms with Crippen molar-refractivity contribution in [1.29, 1.82) is 0 Å². The zero-order valence-electron chi connectivity index (χ0n) is 12.7. The predicted molar refractivity (Wildman–Crippen MR) is 91.4 cm³/mol. The van der Waals surface area contributed by atoms with Crippen LogP contribution >= 0.6 is 0 Å². The van der Waals surface area contributed by atoms with Crippen LogP contribution in [-0.2, 0) is 9.59 Å². The summed E-state index contributed by atoms with van der Waals surface area (Å²) in [6, 6.07) is 16.9. The van der Waals surface area contributed by atoms with Crippen molar-refractivity contribution in [3.63, 3.8) is 0 Å². The molecule has 1 heterocycles. The fourth-order valence-electron chi connectivity index (χ4n) is 2.85. The van der Waals surface area contributed by atoms with E-state index in [4.69, 9.17) is 0 Å². The SMILES string of the molecule is C=CCN(C(=O)C[C@@H]1C(=O)Nc2ccccc21)c1ccccc1. The zero-order chi connectivity index (χ0) is 16.2. The number of nitrogens with one attached hydrogen (secondary N) is 1. The van der Waals surface area contributed by atoms with Gasteiger partial charge < -0.3 is 10.2 Å². The van der Waals surface area contributed by atoms with Crippen LogP contribution in [0.25, 0.3) is 0 Å². The molecule has 0 saturated carbocycles. The van der Waals surface area contributed by atoms with Crippen molar-refractivity contribution < 1.29 is 9.59 Å². The van der Waals surface area contributed by atoms with Crippen LogP contribution in [-0.4, -0.2) is 18.4 Å². The number of hydrogen-bond donors (Lipinski definition) is 1. The molecular weight excluding hydrogens is 288 g/mol. The number of carbonyl (C=O) groups is 2. The summed E-state index contributed by atoms with van der Waals surface area (Å²) in [5.74, 6) is -0.645. The van der Waals surface area contributed by atoms with Crippen LogP contribution in [0.5, 0.6) is 0 Å². The topological polar surface area (TPSA) is 49.4 Å². The Kier molecular flexibility index (Phi) is 4.24.